The van der Waals surface area contributed by atoms with Gasteiger partial charge in [0, 0.05) is 0 Å². The summed E-state index contributed by atoms with van der Waals surface area (Å²) in [7, 11) is 0. The number of rotatable bonds is 5. The van der Waals surface area contributed by atoms with Gasteiger partial charge in [-0.1, -0.05) is 51.3 Å². The van der Waals surface area contributed by atoms with Gasteiger partial charge in [0.25, 0.3) is 0 Å². The molecule has 1 heteroatoms. The SMILES string of the molecule is CCCC(C)(CCC)c1cc(C)ccc1F. The van der Waals surface area contributed by atoms with Crippen molar-refractivity contribution in [3.8, 4) is 0 Å². The molecule has 0 amide bonds. The van der Waals surface area contributed by atoms with Crippen LogP contribution < -0.4 is 0 Å². The number of hydrogen-bond donors (Lipinski definition) is 0. The lowest BCUT2D eigenvalue weighted by molar-refractivity contribution is 0.375. The maximum absolute atomic E-state index is 13.9. The van der Waals surface area contributed by atoms with Gasteiger partial charge < -0.3 is 0 Å². The van der Waals surface area contributed by atoms with Crippen LogP contribution in [0, 0.1) is 12.7 Å². The average molecular weight is 222 g/mol. The van der Waals surface area contributed by atoms with Crippen LogP contribution in [0.25, 0.3) is 0 Å². The van der Waals surface area contributed by atoms with Crippen LogP contribution >= 0.6 is 0 Å². The highest BCUT2D eigenvalue weighted by Gasteiger charge is 2.27. The quantitative estimate of drug-likeness (QED) is 0.658. The van der Waals surface area contributed by atoms with Gasteiger partial charge in [0.05, 0.1) is 0 Å². The molecule has 0 unspecified atom stereocenters. The first-order chi connectivity index (χ1) is 7.53. The second kappa shape index (κ2) is 5.47. The van der Waals surface area contributed by atoms with Crippen molar-refractivity contribution in [3.05, 3.63) is 35.1 Å². The number of aryl methyl sites for hydroxylation is 1. The molecule has 1 aromatic carbocycles. The maximum Gasteiger partial charge on any atom is 0.126 e. The Morgan fingerprint density at radius 1 is 1.12 bits per heavy atom. The van der Waals surface area contributed by atoms with Crippen molar-refractivity contribution >= 4 is 0 Å². The summed E-state index contributed by atoms with van der Waals surface area (Å²) in [5, 5.41) is 0. The Labute approximate surface area is 98.9 Å². The van der Waals surface area contributed by atoms with E-state index in [1.165, 1.54) is 0 Å². The summed E-state index contributed by atoms with van der Waals surface area (Å²) in [5.41, 5.74) is 2.05. The lowest BCUT2D eigenvalue weighted by Crippen LogP contribution is -2.23. The zero-order valence-electron chi connectivity index (χ0n) is 10.9. The summed E-state index contributed by atoms with van der Waals surface area (Å²) >= 11 is 0. The van der Waals surface area contributed by atoms with Gasteiger partial charge in [-0.2, -0.15) is 0 Å². The molecule has 0 nitrogen and oxygen atoms in total. The fourth-order valence-electron chi connectivity index (χ4n) is 2.60. The standard InChI is InChI=1S/C15H23F/c1-5-9-15(4,10-6-2)13-11-12(3)7-8-14(13)16/h7-8,11H,5-6,9-10H2,1-4H3. The topological polar surface area (TPSA) is 0 Å². The van der Waals surface area contributed by atoms with Crippen LogP contribution in [0.5, 0.6) is 0 Å². The van der Waals surface area contributed by atoms with Crippen molar-refractivity contribution < 1.29 is 4.39 Å². The minimum Gasteiger partial charge on any atom is -0.207 e. The van der Waals surface area contributed by atoms with E-state index in [-0.39, 0.29) is 11.2 Å². The van der Waals surface area contributed by atoms with Crippen LogP contribution in [0.3, 0.4) is 0 Å². The first kappa shape index (κ1) is 13.2. The van der Waals surface area contributed by atoms with E-state index in [9.17, 15) is 4.39 Å². The van der Waals surface area contributed by atoms with Crippen molar-refractivity contribution in [2.75, 3.05) is 0 Å². The molecule has 0 spiro atoms. The zero-order valence-corrected chi connectivity index (χ0v) is 10.9. The van der Waals surface area contributed by atoms with Gasteiger partial charge in [-0.25, -0.2) is 4.39 Å². The molecule has 1 aromatic rings. The first-order valence-electron chi connectivity index (χ1n) is 6.30. The molecule has 0 aliphatic heterocycles. The van der Waals surface area contributed by atoms with Crippen LogP contribution in [-0.2, 0) is 5.41 Å². The summed E-state index contributed by atoms with van der Waals surface area (Å²) in [6.45, 7) is 8.56. The second-order valence-corrected chi connectivity index (χ2v) is 5.04. The van der Waals surface area contributed by atoms with Crippen molar-refractivity contribution in [2.24, 2.45) is 0 Å². The lowest BCUT2D eigenvalue weighted by atomic mass is 9.74. The molecule has 0 saturated carbocycles. The maximum atomic E-state index is 13.9. The minimum absolute atomic E-state index is 0.000394. The Morgan fingerprint density at radius 3 is 2.19 bits per heavy atom. The summed E-state index contributed by atoms with van der Waals surface area (Å²) in [5.74, 6) is -0.0463. The van der Waals surface area contributed by atoms with Crippen molar-refractivity contribution in [1.29, 1.82) is 0 Å². The molecule has 0 aromatic heterocycles. The second-order valence-electron chi connectivity index (χ2n) is 5.04. The van der Waals surface area contributed by atoms with Gasteiger partial charge in [0.15, 0.2) is 0 Å². The summed E-state index contributed by atoms with van der Waals surface area (Å²) in [6.07, 6.45) is 4.32. The number of benzene rings is 1. The molecule has 0 fully saturated rings. The monoisotopic (exact) mass is 222 g/mol. The molecule has 0 bridgehead atoms. The molecule has 0 atom stereocenters. The van der Waals surface area contributed by atoms with E-state index in [2.05, 4.69) is 20.8 Å². The molecule has 0 N–H and O–H groups in total. The van der Waals surface area contributed by atoms with Gasteiger partial charge in [0.2, 0.25) is 0 Å². The molecule has 1 rings (SSSR count). The van der Waals surface area contributed by atoms with E-state index in [4.69, 9.17) is 0 Å². The van der Waals surface area contributed by atoms with Crippen LogP contribution in [0.15, 0.2) is 18.2 Å². The zero-order chi connectivity index (χ0) is 12.2. The summed E-state index contributed by atoms with van der Waals surface area (Å²) in [6, 6.07) is 5.46. The Morgan fingerprint density at radius 2 is 1.69 bits per heavy atom. The smallest absolute Gasteiger partial charge is 0.126 e. The van der Waals surface area contributed by atoms with E-state index >= 15 is 0 Å². The highest BCUT2D eigenvalue weighted by Crippen LogP contribution is 2.35. The van der Waals surface area contributed by atoms with E-state index in [1.807, 2.05) is 19.1 Å². The fraction of sp³-hybridized carbons (Fsp3) is 0.600. The van der Waals surface area contributed by atoms with Gasteiger partial charge in [-0.3, -0.25) is 0 Å². The molecule has 0 saturated heterocycles. The number of hydrogen-bond acceptors (Lipinski definition) is 0. The van der Waals surface area contributed by atoms with Crippen molar-refractivity contribution in [2.45, 2.75) is 58.8 Å². The molecule has 90 valence electrons. The van der Waals surface area contributed by atoms with Crippen LogP contribution in [0.2, 0.25) is 0 Å². The third-order valence-electron chi connectivity index (χ3n) is 3.38. The number of halogens is 1. The molecule has 0 heterocycles. The predicted molar refractivity (Wildman–Crippen MR) is 68.3 cm³/mol. The van der Waals surface area contributed by atoms with Crippen LogP contribution in [-0.4, -0.2) is 0 Å². The molecule has 0 aliphatic carbocycles. The normalized spacial score (nSPS) is 11.8. The Hall–Kier alpha value is -0.850. The predicted octanol–water partition coefficient (Wildman–Crippen LogP) is 4.99. The molecular weight excluding hydrogens is 199 g/mol. The Balaban J connectivity index is 3.14. The third-order valence-corrected chi connectivity index (χ3v) is 3.38. The Kier molecular flexibility index (Phi) is 4.52. The van der Waals surface area contributed by atoms with Gasteiger partial charge in [0.1, 0.15) is 5.82 Å². The van der Waals surface area contributed by atoms with Gasteiger partial charge >= 0.3 is 0 Å². The molecule has 16 heavy (non-hydrogen) atoms. The first-order valence-corrected chi connectivity index (χ1v) is 6.30. The largest absolute Gasteiger partial charge is 0.207 e. The van der Waals surface area contributed by atoms with Crippen molar-refractivity contribution in [3.63, 3.8) is 0 Å². The average Bonchev–Trinajstić information content (AvgIpc) is 2.22. The van der Waals surface area contributed by atoms with Crippen LogP contribution in [0.1, 0.15) is 57.6 Å². The summed E-state index contributed by atoms with van der Waals surface area (Å²) in [4.78, 5) is 0. The van der Waals surface area contributed by atoms with Gasteiger partial charge in [-0.05, 0) is 36.8 Å². The Bertz CT molecular complexity index is 335. The van der Waals surface area contributed by atoms with Crippen LogP contribution in [0.4, 0.5) is 4.39 Å². The van der Waals surface area contributed by atoms with E-state index in [0.717, 1.165) is 36.8 Å². The summed E-state index contributed by atoms with van der Waals surface area (Å²) < 4.78 is 13.9. The van der Waals surface area contributed by atoms with E-state index < -0.39 is 0 Å². The molecule has 0 aliphatic rings. The lowest BCUT2D eigenvalue weighted by Gasteiger charge is -2.30. The molecular formula is C15H23F. The highest BCUT2D eigenvalue weighted by atomic mass is 19.1. The van der Waals surface area contributed by atoms with Gasteiger partial charge in [-0.15, -0.1) is 0 Å². The minimum atomic E-state index is -0.0463. The van der Waals surface area contributed by atoms with Crippen molar-refractivity contribution in [1.82, 2.24) is 0 Å². The third kappa shape index (κ3) is 2.84. The van der Waals surface area contributed by atoms with E-state index in [1.54, 1.807) is 6.07 Å². The highest BCUT2D eigenvalue weighted by molar-refractivity contribution is 5.30. The van der Waals surface area contributed by atoms with E-state index in [0.29, 0.717) is 0 Å². The fourth-order valence-corrected chi connectivity index (χ4v) is 2.60. The molecule has 0 radical (unpaired) electrons.